The van der Waals surface area contributed by atoms with Gasteiger partial charge in [-0.25, -0.2) is 0 Å². The monoisotopic (exact) mass is 310 g/mol. The van der Waals surface area contributed by atoms with Crippen LogP contribution in [0.5, 0.6) is 0 Å². The first-order chi connectivity index (χ1) is 11.8. The van der Waals surface area contributed by atoms with Crippen LogP contribution >= 0.6 is 0 Å². The van der Waals surface area contributed by atoms with Crippen LogP contribution in [0.3, 0.4) is 0 Å². The Morgan fingerprint density at radius 2 is 1.46 bits per heavy atom. The predicted octanol–water partition coefficient (Wildman–Crippen LogP) is 6.50. The standard InChI is InChI=1S/C24H22/c1-17-9-12-22-21(15-17)20-11-10-19(18-7-3-2-4-8-18)16-23(20)24(22)13-5-6-14-24/h2-4,7-12,15-16H,5-6,13-14H2,1H3. The molecule has 5 rings (SSSR count). The third-order valence-corrected chi connectivity index (χ3v) is 6.08. The topological polar surface area (TPSA) is 0 Å². The van der Waals surface area contributed by atoms with Crippen molar-refractivity contribution in [2.24, 2.45) is 0 Å². The van der Waals surface area contributed by atoms with Crippen LogP contribution in [0.1, 0.15) is 42.4 Å². The average Bonchev–Trinajstić information content (AvgIpc) is 3.21. The Kier molecular flexibility index (Phi) is 2.97. The molecule has 1 fully saturated rings. The van der Waals surface area contributed by atoms with Crippen molar-refractivity contribution in [3.05, 3.63) is 83.4 Å². The molecule has 1 saturated carbocycles. The largest absolute Gasteiger partial charge is 0.0622 e. The zero-order valence-electron chi connectivity index (χ0n) is 14.2. The van der Waals surface area contributed by atoms with Gasteiger partial charge in [0.05, 0.1) is 0 Å². The predicted molar refractivity (Wildman–Crippen MR) is 101 cm³/mol. The highest BCUT2D eigenvalue weighted by molar-refractivity contribution is 5.84. The molecule has 3 aromatic carbocycles. The highest BCUT2D eigenvalue weighted by atomic mass is 14.5. The van der Waals surface area contributed by atoms with Gasteiger partial charge in [0.1, 0.15) is 0 Å². The lowest BCUT2D eigenvalue weighted by Gasteiger charge is -2.27. The lowest BCUT2D eigenvalue weighted by atomic mass is 9.76. The molecule has 0 amide bonds. The molecule has 0 bridgehead atoms. The average molecular weight is 310 g/mol. The van der Waals surface area contributed by atoms with E-state index in [1.54, 1.807) is 11.1 Å². The summed E-state index contributed by atoms with van der Waals surface area (Å²) in [5, 5.41) is 0. The zero-order valence-corrected chi connectivity index (χ0v) is 14.2. The molecule has 118 valence electrons. The van der Waals surface area contributed by atoms with E-state index >= 15 is 0 Å². The number of aryl methyl sites for hydroxylation is 1. The molecular weight excluding hydrogens is 288 g/mol. The molecule has 2 aliphatic carbocycles. The van der Waals surface area contributed by atoms with Crippen LogP contribution in [-0.4, -0.2) is 0 Å². The molecule has 0 saturated heterocycles. The van der Waals surface area contributed by atoms with Gasteiger partial charge in [0, 0.05) is 5.41 Å². The van der Waals surface area contributed by atoms with Gasteiger partial charge < -0.3 is 0 Å². The Labute approximate surface area is 144 Å². The lowest BCUT2D eigenvalue weighted by Crippen LogP contribution is -2.20. The van der Waals surface area contributed by atoms with Crippen molar-refractivity contribution in [2.75, 3.05) is 0 Å². The van der Waals surface area contributed by atoms with Crippen LogP contribution in [0.2, 0.25) is 0 Å². The van der Waals surface area contributed by atoms with Crippen molar-refractivity contribution in [1.29, 1.82) is 0 Å². The molecule has 0 unspecified atom stereocenters. The summed E-state index contributed by atoms with van der Waals surface area (Å²) in [5.41, 5.74) is 10.4. The van der Waals surface area contributed by atoms with Gasteiger partial charge in [0.2, 0.25) is 0 Å². The Balaban J connectivity index is 1.76. The van der Waals surface area contributed by atoms with E-state index in [-0.39, 0.29) is 5.41 Å². The van der Waals surface area contributed by atoms with Crippen molar-refractivity contribution in [1.82, 2.24) is 0 Å². The van der Waals surface area contributed by atoms with Crippen molar-refractivity contribution < 1.29 is 0 Å². The summed E-state index contributed by atoms with van der Waals surface area (Å²) in [6.07, 6.45) is 5.30. The van der Waals surface area contributed by atoms with Crippen LogP contribution in [0.25, 0.3) is 22.3 Å². The minimum Gasteiger partial charge on any atom is -0.0622 e. The van der Waals surface area contributed by atoms with E-state index in [9.17, 15) is 0 Å². The van der Waals surface area contributed by atoms with Gasteiger partial charge in [-0.1, -0.05) is 79.1 Å². The van der Waals surface area contributed by atoms with E-state index in [1.165, 1.54) is 53.5 Å². The highest BCUT2D eigenvalue weighted by Crippen LogP contribution is 2.57. The van der Waals surface area contributed by atoms with Crippen molar-refractivity contribution in [3.63, 3.8) is 0 Å². The third kappa shape index (κ3) is 1.86. The number of fused-ring (bicyclic) bond motifs is 5. The maximum Gasteiger partial charge on any atom is 0.0215 e. The van der Waals surface area contributed by atoms with E-state index in [4.69, 9.17) is 0 Å². The molecule has 1 spiro atoms. The molecule has 0 aliphatic heterocycles. The summed E-state index contributed by atoms with van der Waals surface area (Å²) in [6, 6.07) is 25.0. The molecule has 3 aromatic rings. The summed E-state index contributed by atoms with van der Waals surface area (Å²) in [7, 11) is 0. The van der Waals surface area contributed by atoms with Crippen LogP contribution in [0.4, 0.5) is 0 Å². The fraction of sp³-hybridized carbons (Fsp3) is 0.250. The van der Waals surface area contributed by atoms with E-state index in [0.29, 0.717) is 0 Å². The summed E-state index contributed by atoms with van der Waals surface area (Å²) in [6.45, 7) is 2.21. The SMILES string of the molecule is Cc1ccc2c(c1)-c1ccc(-c3ccccc3)cc1C21CCCC1. The lowest BCUT2D eigenvalue weighted by molar-refractivity contribution is 0.550. The molecule has 24 heavy (non-hydrogen) atoms. The molecule has 0 nitrogen and oxygen atoms in total. The van der Waals surface area contributed by atoms with Gasteiger partial charge in [-0.05, 0) is 59.2 Å². The summed E-state index contributed by atoms with van der Waals surface area (Å²) in [4.78, 5) is 0. The van der Waals surface area contributed by atoms with Crippen LogP contribution in [-0.2, 0) is 5.41 Å². The van der Waals surface area contributed by atoms with Crippen molar-refractivity contribution in [3.8, 4) is 22.3 Å². The molecule has 0 atom stereocenters. The number of rotatable bonds is 1. The zero-order chi connectivity index (χ0) is 16.1. The van der Waals surface area contributed by atoms with Crippen molar-refractivity contribution >= 4 is 0 Å². The Bertz CT molecular complexity index is 912. The van der Waals surface area contributed by atoms with Crippen molar-refractivity contribution in [2.45, 2.75) is 38.0 Å². The van der Waals surface area contributed by atoms with Gasteiger partial charge in [-0.2, -0.15) is 0 Å². The van der Waals surface area contributed by atoms with Gasteiger partial charge in [-0.3, -0.25) is 0 Å². The number of benzene rings is 3. The Morgan fingerprint density at radius 3 is 2.25 bits per heavy atom. The number of hydrogen-bond acceptors (Lipinski definition) is 0. The minimum atomic E-state index is 0.267. The van der Waals surface area contributed by atoms with Crippen LogP contribution < -0.4 is 0 Å². The second-order valence-corrected chi connectivity index (χ2v) is 7.46. The summed E-state index contributed by atoms with van der Waals surface area (Å²) >= 11 is 0. The third-order valence-electron chi connectivity index (χ3n) is 6.08. The first kappa shape index (κ1) is 14.0. The molecule has 0 aromatic heterocycles. The summed E-state index contributed by atoms with van der Waals surface area (Å²) < 4.78 is 0. The highest BCUT2D eigenvalue weighted by Gasteiger charge is 2.44. The first-order valence-corrected chi connectivity index (χ1v) is 9.09. The molecular formula is C24H22. The Hall–Kier alpha value is -2.34. The normalized spacial score (nSPS) is 17.0. The van der Waals surface area contributed by atoms with E-state index in [0.717, 1.165) is 0 Å². The smallest absolute Gasteiger partial charge is 0.0215 e. The molecule has 0 radical (unpaired) electrons. The molecule has 0 N–H and O–H groups in total. The van der Waals surface area contributed by atoms with Gasteiger partial charge in [0.25, 0.3) is 0 Å². The Morgan fingerprint density at radius 1 is 0.667 bits per heavy atom. The van der Waals surface area contributed by atoms with Crippen LogP contribution in [0.15, 0.2) is 66.7 Å². The molecule has 0 heteroatoms. The van der Waals surface area contributed by atoms with Gasteiger partial charge >= 0.3 is 0 Å². The van der Waals surface area contributed by atoms with E-state index < -0.39 is 0 Å². The fourth-order valence-electron chi connectivity index (χ4n) is 4.95. The second-order valence-electron chi connectivity index (χ2n) is 7.46. The minimum absolute atomic E-state index is 0.267. The second kappa shape index (κ2) is 5.08. The number of hydrogen-bond donors (Lipinski definition) is 0. The first-order valence-electron chi connectivity index (χ1n) is 9.09. The maximum atomic E-state index is 2.48. The van der Waals surface area contributed by atoms with Gasteiger partial charge in [-0.15, -0.1) is 0 Å². The van der Waals surface area contributed by atoms with E-state index in [2.05, 4.69) is 73.7 Å². The fourth-order valence-corrected chi connectivity index (χ4v) is 4.95. The van der Waals surface area contributed by atoms with Gasteiger partial charge in [0.15, 0.2) is 0 Å². The maximum absolute atomic E-state index is 2.48. The molecule has 2 aliphatic rings. The van der Waals surface area contributed by atoms with Crippen LogP contribution in [0, 0.1) is 6.92 Å². The van der Waals surface area contributed by atoms with E-state index in [1.807, 2.05) is 0 Å². The molecule has 0 heterocycles. The summed E-state index contributed by atoms with van der Waals surface area (Å²) in [5.74, 6) is 0. The quantitative estimate of drug-likeness (QED) is 0.481.